The summed E-state index contributed by atoms with van der Waals surface area (Å²) < 4.78 is 10.7. The fraction of sp³-hybridized carbons (Fsp3) is 0.444. The number of ether oxygens (including phenoxy) is 2. The first kappa shape index (κ1) is 8.63. The molecule has 0 aromatic carbocycles. The van der Waals surface area contributed by atoms with Gasteiger partial charge in [-0.15, -0.1) is 0 Å². The topological polar surface area (TPSA) is 31.4 Å². The van der Waals surface area contributed by atoms with E-state index in [9.17, 15) is 0 Å². The van der Waals surface area contributed by atoms with E-state index in [0.717, 1.165) is 12.8 Å². The summed E-state index contributed by atoms with van der Waals surface area (Å²) in [6, 6.07) is 1.74. The van der Waals surface area contributed by atoms with Gasteiger partial charge in [-0.25, -0.2) is 4.98 Å². The van der Waals surface area contributed by atoms with Gasteiger partial charge in [0.05, 0.1) is 13.2 Å². The Balaban J connectivity index is 2.27. The lowest BCUT2D eigenvalue weighted by Gasteiger charge is -2.09. The molecule has 1 aromatic rings. The molecule has 0 aliphatic heterocycles. The van der Waals surface area contributed by atoms with Gasteiger partial charge in [-0.2, -0.15) is 0 Å². The van der Waals surface area contributed by atoms with Gasteiger partial charge in [-0.1, -0.05) is 11.6 Å². The maximum absolute atomic E-state index is 5.86. The number of pyridine rings is 1. The zero-order chi connectivity index (χ0) is 9.26. The van der Waals surface area contributed by atoms with Crippen LogP contribution < -0.4 is 9.47 Å². The van der Waals surface area contributed by atoms with E-state index in [0.29, 0.717) is 22.8 Å². The van der Waals surface area contributed by atoms with Crippen LogP contribution in [0.2, 0.25) is 5.15 Å². The molecule has 1 aromatic heterocycles. The van der Waals surface area contributed by atoms with Crippen molar-refractivity contribution < 1.29 is 9.47 Å². The minimum atomic E-state index is 0.301. The molecule has 0 spiro atoms. The molecule has 70 valence electrons. The second kappa shape index (κ2) is 3.42. The molecule has 0 bridgehead atoms. The van der Waals surface area contributed by atoms with E-state index >= 15 is 0 Å². The Morgan fingerprint density at radius 1 is 1.54 bits per heavy atom. The van der Waals surface area contributed by atoms with Crippen molar-refractivity contribution in [2.24, 2.45) is 0 Å². The van der Waals surface area contributed by atoms with Gasteiger partial charge in [0.1, 0.15) is 0 Å². The predicted octanol–water partition coefficient (Wildman–Crippen LogP) is 2.28. The Labute approximate surface area is 81.6 Å². The second-order valence-electron chi connectivity index (χ2n) is 2.95. The first-order valence-corrected chi connectivity index (χ1v) is 4.54. The lowest BCUT2D eigenvalue weighted by atomic mass is 10.4. The molecule has 0 atom stereocenters. The number of hydrogen-bond acceptors (Lipinski definition) is 3. The van der Waals surface area contributed by atoms with Crippen molar-refractivity contribution in [3.63, 3.8) is 0 Å². The van der Waals surface area contributed by atoms with Crippen molar-refractivity contribution >= 4 is 11.6 Å². The Bertz CT molecular complexity index is 312. The maximum Gasteiger partial charge on any atom is 0.199 e. The summed E-state index contributed by atoms with van der Waals surface area (Å²) in [4.78, 5) is 3.93. The Morgan fingerprint density at radius 3 is 2.92 bits per heavy atom. The molecule has 0 radical (unpaired) electrons. The number of halogens is 1. The van der Waals surface area contributed by atoms with Crippen LogP contribution in [0.3, 0.4) is 0 Å². The third-order valence-electron chi connectivity index (χ3n) is 1.85. The zero-order valence-electron chi connectivity index (χ0n) is 7.29. The average molecular weight is 200 g/mol. The third-order valence-corrected chi connectivity index (χ3v) is 2.12. The van der Waals surface area contributed by atoms with Crippen LogP contribution in [0.25, 0.3) is 0 Å². The summed E-state index contributed by atoms with van der Waals surface area (Å²) in [7, 11) is 1.59. The Morgan fingerprint density at radius 2 is 2.31 bits per heavy atom. The predicted molar refractivity (Wildman–Crippen MR) is 49.4 cm³/mol. The first-order chi connectivity index (χ1) is 6.31. The summed E-state index contributed by atoms with van der Waals surface area (Å²) in [6.45, 7) is 0. The third kappa shape index (κ3) is 1.86. The van der Waals surface area contributed by atoms with Gasteiger partial charge in [0, 0.05) is 12.3 Å². The van der Waals surface area contributed by atoms with Gasteiger partial charge in [0.25, 0.3) is 0 Å². The van der Waals surface area contributed by atoms with Crippen LogP contribution in [-0.4, -0.2) is 18.2 Å². The first-order valence-electron chi connectivity index (χ1n) is 4.16. The van der Waals surface area contributed by atoms with E-state index < -0.39 is 0 Å². The molecular formula is C9H10ClNO2. The lowest BCUT2D eigenvalue weighted by molar-refractivity contribution is 0.281. The van der Waals surface area contributed by atoms with Crippen molar-refractivity contribution in [1.29, 1.82) is 0 Å². The number of nitrogens with zero attached hydrogens (tertiary/aromatic N) is 1. The van der Waals surface area contributed by atoms with Crippen LogP contribution in [0, 0.1) is 0 Å². The molecule has 13 heavy (non-hydrogen) atoms. The zero-order valence-corrected chi connectivity index (χ0v) is 8.04. The Hall–Kier alpha value is -0.960. The number of methoxy groups -OCH3 is 1. The molecule has 1 fully saturated rings. The second-order valence-corrected chi connectivity index (χ2v) is 3.31. The van der Waals surface area contributed by atoms with Crippen molar-refractivity contribution in [2.75, 3.05) is 7.11 Å². The van der Waals surface area contributed by atoms with E-state index in [1.165, 1.54) is 0 Å². The Kier molecular flexibility index (Phi) is 2.27. The van der Waals surface area contributed by atoms with Crippen LogP contribution in [0.15, 0.2) is 12.3 Å². The standard InChI is InChI=1S/C9H10ClNO2/c1-12-7-4-5-11-9(10)8(7)13-6-2-3-6/h4-6H,2-3H2,1H3. The number of aromatic nitrogens is 1. The molecule has 0 unspecified atom stereocenters. The van der Waals surface area contributed by atoms with Gasteiger partial charge in [0.2, 0.25) is 0 Å². The highest BCUT2D eigenvalue weighted by molar-refractivity contribution is 6.31. The lowest BCUT2D eigenvalue weighted by Crippen LogP contribution is -1.99. The van der Waals surface area contributed by atoms with Gasteiger partial charge in [-0.3, -0.25) is 0 Å². The quantitative estimate of drug-likeness (QED) is 0.700. The van der Waals surface area contributed by atoms with E-state index in [1.54, 1.807) is 19.4 Å². The van der Waals surface area contributed by atoms with Gasteiger partial charge >= 0.3 is 0 Å². The molecular weight excluding hydrogens is 190 g/mol. The summed E-state index contributed by atoms with van der Waals surface area (Å²) in [5.74, 6) is 1.21. The molecule has 1 aliphatic carbocycles. The van der Waals surface area contributed by atoms with Crippen molar-refractivity contribution in [3.8, 4) is 11.5 Å². The normalized spacial score (nSPS) is 15.5. The van der Waals surface area contributed by atoms with Crippen LogP contribution in [0.5, 0.6) is 11.5 Å². The minimum absolute atomic E-state index is 0.301. The summed E-state index contributed by atoms with van der Waals surface area (Å²) in [6.07, 6.45) is 4.08. The molecule has 0 amide bonds. The van der Waals surface area contributed by atoms with Gasteiger partial charge in [-0.05, 0) is 12.8 Å². The molecule has 1 aliphatic rings. The van der Waals surface area contributed by atoms with Crippen LogP contribution in [0.4, 0.5) is 0 Å². The van der Waals surface area contributed by atoms with E-state index in [1.807, 2.05) is 0 Å². The monoisotopic (exact) mass is 199 g/mol. The average Bonchev–Trinajstić information content (AvgIpc) is 2.92. The number of hydrogen-bond donors (Lipinski definition) is 0. The van der Waals surface area contributed by atoms with E-state index in [-0.39, 0.29) is 0 Å². The largest absolute Gasteiger partial charge is 0.493 e. The van der Waals surface area contributed by atoms with Crippen LogP contribution >= 0.6 is 11.6 Å². The minimum Gasteiger partial charge on any atom is -0.493 e. The maximum atomic E-state index is 5.86. The van der Waals surface area contributed by atoms with Crippen molar-refractivity contribution in [1.82, 2.24) is 4.98 Å². The molecule has 4 heteroatoms. The summed E-state index contributed by atoms with van der Waals surface area (Å²) >= 11 is 5.86. The summed E-state index contributed by atoms with van der Waals surface area (Å²) in [5, 5.41) is 0.367. The highest BCUT2D eigenvalue weighted by Crippen LogP contribution is 2.37. The van der Waals surface area contributed by atoms with E-state index in [4.69, 9.17) is 21.1 Å². The van der Waals surface area contributed by atoms with Gasteiger partial charge in [0.15, 0.2) is 16.7 Å². The number of rotatable bonds is 3. The fourth-order valence-electron chi connectivity index (χ4n) is 1.03. The van der Waals surface area contributed by atoms with E-state index in [2.05, 4.69) is 4.98 Å². The molecule has 0 saturated heterocycles. The molecule has 3 nitrogen and oxygen atoms in total. The summed E-state index contributed by atoms with van der Waals surface area (Å²) in [5.41, 5.74) is 0. The van der Waals surface area contributed by atoms with Crippen molar-refractivity contribution in [2.45, 2.75) is 18.9 Å². The van der Waals surface area contributed by atoms with Gasteiger partial charge < -0.3 is 9.47 Å². The van der Waals surface area contributed by atoms with Crippen molar-refractivity contribution in [3.05, 3.63) is 17.4 Å². The SMILES string of the molecule is COc1ccnc(Cl)c1OC1CC1. The molecule has 1 heterocycles. The molecule has 2 rings (SSSR count). The highest BCUT2D eigenvalue weighted by atomic mass is 35.5. The fourth-order valence-corrected chi connectivity index (χ4v) is 1.22. The molecule has 0 N–H and O–H groups in total. The highest BCUT2D eigenvalue weighted by Gasteiger charge is 2.26. The molecule has 1 saturated carbocycles. The van der Waals surface area contributed by atoms with Crippen LogP contribution in [-0.2, 0) is 0 Å². The smallest absolute Gasteiger partial charge is 0.199 e. The van der Waals surface area contributed by atoms with Crippen LogP contribution in [0.1, 0.15) is 12.8 Å².